The maximum absolute atomic E-state index is 6.24. The molecule has 0 bridgehead atoms. The molecule has 3 aromatic carbocycles. The summed E-state index contributed by atoms with van der Waals surface area (Å²) in [5.74, 6) is 3.62. The van der Waals surface area contributed by atoms with Crippen molar-refractivity contribution in [2.75, 3.05) is 0 Å². The Balaban J connectivity index is 1.66. The quantitative estimate of drug-likeness (QED) is 0.315. The molecule has 1 heterocycles. The number of hydrogen-bond donors (Lipinski definition) is 0. The van der Waals surface area contributed by atoms with E-state index in [0.717, 1.165) is 22.3 Å². The first-order chi connectivity index (χ1) is 15.2. The van der Waals surface area contributed by atoms with Crippen LogP contribution < -0.4 is 9.47 Å². The van der Waals surface area contributed by atoms with Gasteiger partial charge in [0.1, 0.15) is 13.2 Å². The molecule has 0 amide bonds. The Bertz CT molecular complexity index is 1200. The van der Waals surface area contributed by atoms with Crippen LogP contribution in [0.5, 0.6) is 11.8 Å². The minimum absolute atomic E-state index is 0.370. The summed E-state index contributed by atoms with van der Waals surface area (Å²) in [6.45, 7) is 0.785. The zero-order chi connectivity index (χ0) is 21.5. The highest BCUT2D eigenvalue weighted by Crippen LogP contribution is 2.35. The van der Waals surface area contributed by atoms with E-state index in [9.17, 15) is 0 Å². The van der Waals surface area contributed by atoms with Gasteiger partial charge in [0.15, 0.2) is 0 Å². The third kappa shape index (κ3) is 5.25. The summed E-state index contributed by atoms with van der Waals surface area (Å²) in [5, 5.41) is 0.590. The van der Waals surface area contributed by atoms with Gasteiger partial charge in [-0.2, -0.15) is 4.98 Å². The van der Waals surface area contributed by atoms with Gasteiger partial charge in [-0.1, -0.05) is 78.2 Å². The van der Waals surface area contributed by atoms with Gasteiger partial charge in [-0.05, 0) is 35.4 Å². The van der Waals surface area contributed by atoms with Gasteiger partial charge >= 0.3 is 0 Å². The lowest BCUT2D eigenvalue weighted by Crippen LogP contribution is -2.03. The van der Waals surface area contributed by atoms with Crippen molar-refractivity contribution in [2.45, 2.75) is 13.2 Å². The number of nitrogens with zero attached hydrogens (tertiary/aromatic N) is 1. The lowest BCUT2D eigenvalue weighted by Gasteiger charge is -2.14. The molecular weight excluding hydrogens is 406 g/mol. The van der Waals surface area contributed by atoms with Gasteiger partial charge in [-0.15, -0.1) is 6.42 Å². The highest BCUT2D eigenvalue weighted by atomic mass is 35.5. The van der Waals surface area contributed by atoms with E-state index in [1.807, 2.05) is 84.9 Å². The molecule has 0 radical (unpaired) electrons. The smallest absolute Gasteiger partial charge is 0.225 e. The maximum atomic E-state index is 6.24. The van der Waals surface area contributed by atoms with Crippen molar-refractivity contribution < 1.29 is 9.47 Å². The third-order valence-corrected chi connectivity index (χ3v) is 4.95. The number of ether oxygens (including phenoxy) is 2. The van der Waals surface area contributed by atoms with Crippen molar-refractivity contribution in [3.8, 4) is 35.2 Å². The SMILES string of the molecule is C#Cc1ccc(Cl)cc1-c1ccc(OCc2ccccc2)nc1OCc1ccccc1. The molecule has 0 fully saturated rings. The number of pyridine rings is 1. The number of hydrogen-bond acceptors (Lipinski definition) is 3. The van der Waals surface area contributed by atoms with Gasteiger partial charge in [-0.25, -0.2) is 0 Å². The van der Waals surface area contributed by atoms with Crippen molar-refractivity contribution in [2.24, 2.45) is 0 Å². The van der Waals surface area contributed by atoms with E-state index in [-0.39, 0.29) is 0 Å². The predicted octanol–water partition coefficient (Wildman–Crippen LogP) is 6.54. The van der Waals surface area contributed by atoms with Crippen LogP contribution in [0.15, 0.2) is 91.0 Å². The Morgan fingerprint density at radius 3 is 2.03 bits per heavy atom. The predicted molar refractivity (Wildman–Crippen MR) is 124 cm³/mol. The second-order valence-electron chi connectivity index (χ2n) is 6.88. The monoisotopic (exact) mass is 425 g/mol. The number of halogens is 1. The van der Waals surface area contributed by atoms with E-state index in [2.05, 4.69) is 10.9 Å². The summed E-state index contributed by atoms with van der Waals surface area (Å²) in [6.07, 6.45) is 5.72. The summed E-state index contributed by atoms with van der Waals surface area (Å²) >= 11 is 6.24. The van der Waals surface area contributed by atoms with E-state index < -0.39 is 0 Å². The van der Waals surface area contributed by atoms with Gasteiger partial charge in [0, 0.05) is 27.8 Å². The van der Waals surface area contributed by atoms with Crippen LogP contribution in [0.25, 0.3) is 11.1 Å². The second kappa shape index (κ2) is 9.84. The van der Waals surface area contributed by atoms with Gasteiger partial charge < -0.3 is 9.47 Å². The average Bonchev–Trinajstić information content (AvgIpc) is 2.83. The minimum Gasteiger partial charge on any atom is -0.473 e. The second-order valence-corrected chi connectivity index (χ2v) is 7.32. The van der Waals surface area contributed by atoms with E-state index in [0.29, 0.717) is 35.6 Å². The minimum atomic E-state index is 0.370. The average molecular weight is 426 g/mol. The molecule has 0 N–H and O–H groups in total. The Morgan fingerprint density at radius 1 is 0.742 bits per heavy atom. The molecule has 4 rings (SSSR count). The number of rotatable bonds is 7. The molecule has 4 aromatic rings. The first-order valence-corrected chi connectivity index (χ1v) is 10.2. The number of benzene rings is 3. The summed E-state index contributed by atoms with van der Waals surface area (Å²) < 4.78 is 12.0. The van der Waals surface area contributed by atoms with Crippen molar-refractivity contribution in [3.05, 3.63) is 113 Å². The molecule has 0 aliphatic carbocycles. The Morgan fingerprint density at radius 2 is 1.39 bits per heavy atom. The number of terminal acetylenes is 1. The van der Waals surface area contributed by atoms with E-state index in [1.54, 1.807) is 6.07 Å². The lowest BCUT2D eigenvalue weighted by molar-refractivity contribution is 0.268. The molecule has 0 saturated carbocycles. The first-order valence-electron chi connectivity index (χ1n) is 9.84. The summed E-state index contributed by atoms with van der Waals surface area (Å²) in [5.41, 5.74) is 4.37. The highest BCUT2D eigenvalue weighted by Gasteiger charge is 2.14. The van der Waals surface area contributed by atoms with Crippen LogP contribution >= 0.6 is 11.6 Å². The van der Waals surface area contributed by atoms with Crippen LogP contribution in [0, 0.1) is 12.3 Å². The van der Waals surface area contributed by atoms with Crippen molar-refractivity contribution in [1.82, 2.24) is 4.98 Å². The molecular formula is C27H20ClNO2. The molecule has 0 aliphatic heterocycles. The standard InChI is InChI=1S/C27H20ClNO2/c1-2-22-13-14-23(28)17-25(22)24-15-16-26(30-18-20-9-5-3-6-10-20)29-27(24)31-19-21-11-7-4-8-12-21/h1,3-17H,18-19H2. The molecule has 0 aliphatic rings. The zero-order valence-corrected chi connectivity index (χ0v) is 17.5. The largest absolute Gasteiger partial charge is 0.473 e. The first kappa shape index (κ1) is 20.5. The van der Waals surface area contributed by atoms with Gasteiger partial charge in [-0.3, -0.25) is 0 Å². The highest BCUT2D eigenvalue weighted by molar-refractivity contribution is 6.31. The van der Waals surface area contributed by atoms with Crippen molar-refractivity contribution >= 4 is 11.6 Å². The van der Waals surface area contributed by atoms with Crippen molar-refractivity contribution in [3.63, 3.8) is 0 Å². The maximum Gasteiger partial charge on any atom is 0.225 e. The molecule has 0 saturated heterocycles. The van der Waals surface area contributed by atoms with Crippen LogP contribution in [0.4, 0.5) is 0 Å². The fraction of sp³-hybridized carbons (Fsp3) is 0.0741. The normalized spacial score (nSPS) is 10.3. The van der Waals surface area contributed by atoms with Crippen molar-refractivity contribution in [1.29, 1.82) is 0 Å². The molecule has 0 spiro atoms. The summed E-state index contributed by atoms with van der Waals surface area (Å²) in [6, 6.07) is 29.0. The van der Waals surface area contributed by atoms with Crippen LogP contribution in [0.2, 0.25) is 5.02 Å². The topological polar surface area (TPSA) is 31.4 Å². The van der Waals surface area contributed by atoms with Gasteiger partial charge in [0.05, 0.1) is 0 Å². The summed E-state index contributed by atoms with van der Waals surface area (Å²) in [4.78, 5) is 4.63. The Hall–Kier alpha value is -3.74. The molecule has 1 aromatic heterocycles. The van der Waals surface area contributed by atoms with Gasteiger partial charge in [0.2, 0.25) is 11.8 Å². The molecule has 3 nitrogen and oxygen atoms in total. The summed E-state index contributed by atoms with van der Waals surface area (Å²) in [7, 11) is 0. The third-order valence-electron chi connectivity index (χ3n) is 4.71. The molecule has 0 atom stereocenters. The molecule has 4 heteroatoms. The Labute approximate surface area is 187 Å². The van der Waals surface area contributed by atoms with E-state index >= 15 is 0 Å². The van der Waals surface area contributed by atoms with Gasteiger partial charge in [0.25, 0.3) is 0 Å². The van der Waals surface area contributed by atoms with E-state index in [4.69, 9.17) is 27.5 Å². The fourth-order valence-electron chi connectivity index (χ4n) is 3.14. The number of aromatic nitrogens is 1. The molecule has 31 heavy (non-hydrogen) atoms. The van der Waals surface area contributed by atoms with Crippen LogP contribution in [0.1, 0.15) is 16.7 Å². The van der Waals surface area contributed by atoms with E-state index in [1.165, 1.54) is 0 Å². The zero-order valence-electron chi connectivity index (χ0n) is 16.8. The molecule has 152 valence electrons. The van der Waals surface area contributed by atoms with Crippen LogP contribution in [0.3, 0.4) is 0 Å². The fourth-order valence-corrected chi connectivity index (χ4v) is 3.31. The van der Waals surface area contributed by atoms with Crippen LogP contribution in [-0.2, 0) is 13.2 Å². The molecule has 0 unspecified atom stereocenters. The lowest BCUT2D eigenvalue weighted by atomic mass is 10.0. The van der Waals surface area contributed by atoms with Crippen LogP contribution in [-0.4, -0.2) is 4.98 Å². The Kier molecular flexibility index (Phi) is 6.52.